The van der Waals surface area contributed by atoms with Crippen molar-refractivity contribution in [2.45, 2.75) is 85.9 Å². The van der Waals surface area contributed by atoms with Gasteiger partial charge in [-0.05, 0) is 6.42 Å². The molecule has 0 amide bonds. The van der Waals surface area contributed by atoms with Crippen molar-refractivity contribution >= 4 is 0 Å². The summed E-state index contributed by atoms with van der Waals surface area (Å²) in [5.41, 5.74) is -7.59. The molecule has 0 saturated heterocycles. The van der Waals surface area contributed by atoms with Crippen molar-refractivity contribution in [2.75, 3.05) is 0 Å². The normalized spacial score (nSPS) is 18.8. The Kier molecular flexibility index (Phi) is 7.99. The van der Waals surface area contributed by atoms with E-state index in [1.54, 1.807) is 0 Å². The number of alkyl halides is 20. The zero-order valence-electron chi connectivity index (χ0n) is 15.9. The van der Waals surface area contributed by atoms with E-state index < -0.39 is 79.0 Å². The van der Waals surface area contributed by atoms with Crippen LogP contribution in [0.1, 0.15) is 20.3 Å². The Balaban J connectivity index is 7.33. The van der Waals surface area contributed by atoms with Crippen molar-refractivity contribution in [1.29, 1.82) is 0 Å². The molecule has 0 radical (unpaired) electrons. The average molecular weight is 558 g/mol. The lowest BCUT2D eigenvalue weighted by Crippen LogP contribution is -2.79. The summed E-state index contributed by atoms with van der Waals surface area (Å²) >= 11 is 0. The van der Waals surface area contributed by atoms with Crippen LogP contribution < -0.4 is 0 Å². The Morgan fingerprint density at radius 2 is 0.765 bits per heavy atom. The molecule has 0 aromatic rings. The third kappa shape index (κ3) is 3.75. The lowest BCUT2D eigenvalue weighted by molar-refractivity contribution is -0.455. The highest BCUT2D eigenvalue weighted by molar-refractivity contribution is 5.21. The van der Waals surface area contributed by atoms with E-state index in [2.05, 4.69) is 0 Å². The Hall–Kier alpha value is -1.40. The lowest BCUT2D eigenvalue weighted by atomic mass is 9.76. The summed E-state index contributed by atoms with van der Waals surface area (Å²) in [5, 5.41) is 0. The minimum Gasteiger partial charge on any atom is -0.243 e. The highest BCUT2D eigenvalue weighted by Crippen LogP contribution is 2.66. The van der Waals surface area contributed by atoms with E-state index in [9.17, 15) is 87.8 Å². The molecule has 0 aliphatic heterocycles. The van der Waals surface area contributed by atoms with Crippen molar-refractivity contribution in [1.82, 2.24) is 0 Å². The Morgan fingerprint density at radius 1 is 0.471 bits per heavy atom. The van der Waals surface area contributed by atoms with Gasteiger partial charge >= 0.3 is 53.8 Å². The van der Waals surface area contributed by atoms with E-state index >= 15 is 0 Å². The Labute approximate surface area is 175 Å². The van der Waals surface area contributed by atoms with Crippen LogP contribution >= 0.6 is 0 Å². The summed E-state index contributed by atoms with van der Waals surface area (Å²) in [5.74, 6) is -64.9. The molecule has 0 saturated carbocycles. The monoisotopic (exact) mass is 558 g/mol. The van der Waals surface area contributed by atoms with E-state index in [-0.39, 0.29) is 6.92 Å². The van der Waals surface area contributed by atoms with E-state index in [1.165, 1.54) is 0 Å². The van der Waals surface area contributed by atoms with Crippen LogP contribution in [0.5, 0.6) is 0 Å². The molecule has 20 heteroatoms. The van der Waals surface area contributed by atoms with Crippen LogP contribution in [0.15, 0.2) is 0 Å². The molecule has 0 aliphatic rings. The van der Waals surface area contributed by atoms with Gasteiger partial charge < -0.3 is 0 Å². The van der Waals surface area contributed by atoms with Crippen molar-refractivity contribution in [3.8, 4) is 0 Å². The van der Waals surface area contributed by atoms with Crippen LogP contribution in [0.4, 0.5) is 87.8 Å². The molecule has 34 heavy (non-hydrogen) atoms. The molecule has 0 rings (SSSR count). The highest BCUT2D eigenvalue weighted by Gasteiger charge is 2.96. The summed E-state index contributed by atoms with van der Waals surface area (Å²) in [6.45, 7) is -1.26. The lowest BCUT2D eigenvalue weighted by Gasteiger charge is -2.47. The molecule has 206 valence electrons. The molecule has 0 spiro atoms. The molecule has 2 atom stereocenters. The molecular weight excluding hydrogens is 548 g/mol. The van der Waals surface area contributed by atoms with E-state index in [0.29, 0.717) is 0 Å². The molecule has 0 fully saturated rings. The van der Waals surface area contributed by atoms with Crippen molar-refractivity contribution < 1.29 is 87.8 Å². The zero-order chi connectivity index (χ0) is 28.4. The fraction of sp³-hybridized carbons (Fsp3) is 1.00. The Bertz CT molecular complexity index is 717. The third-order valence-corrected chi connectivity index (χ3v) is 4.53. The van der Waals surface area contributed by atoms with Gasteiger partial charge in [-0.2, -0.15) is 61.5 Å². The fourth-order valence-corrected chi connectivity index (χ4v) is 2.36. The summed E-state index contributed by atoms with van der Waals surface area (Å²) in [6.07, 6.45) is -13.4. The van der Waals surface area contributed by atoms with Crippen LogP contribution in [0.25, 0.3) is 0 Å². The second-order valence-corrected chi connectivity index (χ2v) is 6.85. The standard InChI is InChI=1S/C14H10F20/c1-3-4(15)7(20,9(23,24)6(2,18)19)10(25,26)12(29,30)14(33,34)13(31,32)11(27,28)8(21,22)5(16)17/h4-5H,3H2,1-2H3. The number of hydrogen-bond acceptors (Lipinski definition) is 0. The van der Waals surface area contributed by atoms with Crippen molar-refractivity contribution in [2.24, 2.45) is 0 Å². The molecule has 0 N–H and O–H groups in total. The van der Waals surface area contributed by atoms with Gasteiger partial charge in [0.15, 0.2) is 0 Å². The van der Waals surface area contributed by atoms with Crippen LogP contribution in [0, 0.1) is 0 Å². The first kappa shape index (κ1) is 32.6. The van der Waals surface area contributed by atoms with Gasteiger partial charge in [0.2, 0.25) is 0 Å². The van der Waals surface area contributed by atoms with Gasteiger partial charge in [-0.3, -0.25) is 0 Å². The van der Waals surface area contributed by atoms with Gasteiger partial charge in [0.1, 0.15) is 6.17 Å². The van der Waals surface area contributed by atoms with Gasteiger partial charge in [0.05, 0.1) is 0 Å². The van der Waals surface area contributed by atoms with Gasteiger partial charge in [-0.1, -0.05) is 6.92 Å². The predicted octanol–water partition coefficient (Wildman–Crippen LogP) is 7.81. The van der Waals surface area contributed by atoms with Gasteiger partial charge in [-0.25, -0.2) is 26.3 Å². The maximum atomic E-state index is 14.4. The maximum Gasteiger partial charge on any atom is 0.384 e. The van der Waals surface area contributed by atoms with Crippen molar-refractivity contribution in [3.05, 3.63) is 0 Å². The molecule has 0 aromatic carbocycles. The predicted molar refractivity (Wildman–Crippen MR) is 70.3 cm³/mol. The molecule has 0 aliphatic carbocycles. The molecule has 0 bridgehead atoms. The van der Waals surface area contributed by atoms with Gasteiger partial charge in [0.25, 0.3) is 5.67 Å². The number of halogens is 20. The fourth-order valence-electron chi connectivity index (χ4n) is 2.36. The molecule has 0 aromatic heterocycles. The summed E-state index contributed by atoms with van der Waals surface area (Å²) < 4.78 is 266. The van der Waals surface area contributed by atoms with E-state index in [1.807, 2.05) is 0 Å². The minimum absolute atomic E-state index is 0.0127. The van der Waals surface area contributed by atoms with Crippen molar-refractivity contribution in [3.63, 3.8) is 0 Å². The second kappa shape index (κ2) is 8.33. The summed E-state index contributed by atoms with van der Waals surface area (Å²) in [6, 6.07) is 0. The molecular formula is C14H10F20. The summed E-state index contributed by atoms with van der Waals surface area (Å²) in [7, 11) is 0. The van der Waals surface area contributed by atoms with Crippen LogP contribution in [-0.2, 0) is 0 Å². The Morgan fingerprint density at radius 3 is 1.03 bits per heavy atom. The van der Waals surface area contributed by atoms with E-state index in [4.69, 9.17) is 0 Å². The molecule has 2 unspecified atom stereocenters. The highest BCUT2D eigenvalue weighted by atomic mass is 19.4. The van der Waals surface area contributed by atoms with Crippen LogP contribution in [-0.4, -0.2) is 65.6 Å². The van der Waals surface area contributed by atoms with E-state index in [0.717, 1.165) is 0 Å². The summed E-state index contributed by atoms with van der Waals surface area (Å²) in [4.78, 5) is 0. The van der Waals surface area contributed by atoms with Gasteiger partial charge in [0, 0.05) is 6.92 Å². The third-order valence-electron chi connectivity index (χ3n) is 4.53. The van der Waals surface area contributed by atoms with Crippen LogP contribution in [0.2, 0.25) is 0 Å². The molecule has 0 heterocycles. The number of hydrogen-bond donors (Lipinski definition) is 0. The minimum atomic E-state index is -8.88. The average Bonchev–Trinajstić information content (AvgIpc) is 2.64. The van der Waals surface area contributed by atoms with Gasteiger partial charge in [-0.15, -0.1) is 0 Å². The topological polar surface area (TPSA) is 0 Å². The largest absolute Gasteiger partial charge is 0.384 e. The SMILES string of the molecule is CCC(F)C(F)(C(F)(F)C(C)(F)F)C(F)(F)C(F)(F)C(F)(F)C(F)(F)C(F)(F)C(F)(F)C(F)F. The molecule has 0 nitrogen and oxygen atoms in total. The first-order valence-corrected chi connectivity index (χ1v) is 8.06. The second-order valence-electron chi connectivity index (χ2n) is 6.85. The quantitative estimate of drug-likeness (QED) is 0.227. The first-order valence-electron chi connectivity index (χ1n) is 8.06. The maximum absolute atomic E-state index is 14.4. The van der Waals surface area contributed by atoms with Crippen LogP contribution in [0.3, 0.4) is 0 Å². The zero-order valence-corrected chi connectivity index (χ0v) is 15.9. The smallest absolute Gasteiger partial charge is 0.243 e. The number of rotatable bonds is 11. The first-order chi connectivity index (χ1) is 14.4.